The van der Waals surface area contributed by atoms with Gasteiger partial charge in [0.25, 0.3) is 0 Å². The van der Waals surface area contributed by atoms with Crippen molar-refractivity contribution >= 4 is 17.9 Å². The van der Waals surface area contributed by atoms with E-state index in [-0.39, 0.29) is 45.4 Å². The predicted octanol–water partition coefficient (Wildman–Crippen LogP) is 9.49. The summed E-state index contributed by atoms with van der Waals surface area (Å²) in [6, 6.07) is 3.77. The van der Waals surface area contributed by atoms with Gasteiger partial charge in [-0.25, -0.2) is 0 Å². The van der Waals surface area contributed by atoms with Crippen LogP contribution in [0.1, 0.15) is 186 Å². The van der Waals surface area contributed by atoms with Crippen LogP contribution in [0.5, 0.6) is 5.75 Å². The summed E-state index contributed by atoms with van der Waals surface area (Å²) < 4.78 is 19.6. The number of esters is 3. The number of carbonyl (C=O) groups is 3. The van der Waals surface area contributed by atoms with Gasteiger partial charge in [0, 0.05) is 71.8 Å². The minimum Gasteiger partial charge on any atom is -0.507 e. The Morgan fingerprint density at radius 3 is 1.08 bits per heavy atom. The Labute approximate surface area is 364 Å². The molecule has 0 aliphatic carbocycles. The Morgan fingerprint density at radius 2 is 0.817 bits per heavy atom. The van der Waals surface area contributed by atoms with Crippen molar-refractivity contribution in [2.24, 2.45) is 5.41 Å². The molecule has 60 heavy (non-hydrogen) atoms. The smallest absolute Gasteiger partial charge is 0.324 e. The SMILES string of the molecule is CN1C(C)(C)CC(OC(=O)CC(Cc2cc(C(C)(C)C)c(O)c(C(C)(C)C)c2)(C(=O)OC2CC(C)(C)N(C)C(C)(C)C2)C(=O)OC2CC(C)(C)N(C)C(C)(C)C2)CC1(C)C. The van der Waals surface area contributed by atoms with E-state index in [2.05, 4.69) is 119 Å². The van der Waals surface area contributed by atoms with Crippen LogP contribution in [-0.2, 0) is 45.8 Å². The average molecular weight is 840 g/mol. The van der Waals surface area contributed by atoms with Crippen molar-refractivity contribution in [3.05, 3.63) is 28.8 Å². The lowest BCUT2D eigenvalue weighted by Gasteiger charge is -2.54. The molecule has 1 N–H and O–H groups in total. The van der Waals surface area contributed by atoms with Crippen LogP contribution < -0.4 is 0 Å². The largest absolute Gasteiger partial charge is 0.507 e. The highest BCUT2D eigenvalue weighted by molar-refractivity contribution is 6.03. The fourth-order valence-corrected chi connectivity index (χ4v) is 10.8. The van der Waals surface area contributed by atoms with Gasteiger partial charge in [-0.2, -0.15) is 0 Å². The van der Waals surface area contributed by atoms with Crippen LogP contribution in [0.15, 0.2) is 12.1 Å². The highest BCUT2D eigenvalue weighted by Crippen LogP contribution is 2.46. The molecule has 0 spiro atoms. The number of benzene rings is 1. The second-order valence-corrected chi connectivity index (χ2v) is 24.9. The normalized spacial score (nSPS) is 24.1. The van der Waals surface area contributed by atoms with E-state index in [1.165, 1.54) is 0 Å². The summed E-state index contributed by atoms with van der Waals surface area (Å²) >= 11 is 0. The molecule has 342 valence electrons. The molecule has 0 unspecified atom stereocenters. The highest BCUT2D eigenvalue weighted by atomic mass is 16.6. The molecular formula is C50H85N3O7. The fraction of sp³-hybridized carbons (Fsp3) is 0.820. The molecule has 0 aromatic heterocycles. The van der Waals surface area contributed by atoms with E-state index < -0.39 is 58.9 Å². The third kappa shape index (κ3) is 10.4. The number of hydrogen-bond acceptors (Lipinski definition) is 10. The number of hydrogen-bond donors (Lipinski definition) is 1. The Bertz CT molecular complexity index is 1630. The molecule has 1 aromatic rings. The van der Waals surface area contributed by atoms with E-state index in [0.29, 0.717) is 55.2 Å². The fourth-order valence-electron chi connectivity index (χ4n) is 10.8. The van der Waals surface area contributed by atoms with Crippen molar-refractivity contribution in [3.8, 4) is 5.75 Å². The van der Waals surface area contributed by atoms with Crippen LogP contribution in [0.3, 0.4) is 0 Å². The second kappa shape index (κ2) is 16.1. The van der Waals surface area contributed by atoms with Crippen LogP contribution in [-0.4, -0.2) is 110 Å². The summed E-state index contributed by atoms with van der Waals surface area (Å²) in [5.74, 6) is -2.00. The third-order valence-corrected chi connectivity index (χ3v) is 15.2. The maximum Gasteiger partial charge on any atom is 0.324 e. The van der Waals surface area contributed by atoms with E-state index in [1.807, 2.05) is 53.7 Å². The number of carbonyl (C=O) groups excluding carboxylic acids is 3. The first-order chi connectivity index (χ1) is 26.8. The Morgan fingerprint density at radius 1 is 0.550 bits per heavy atom. The van der Waals surface area contributed by atoms with Gasteiger partial charge in [-0.1, -0.05) is 53.7 Å². The van der Waals surface area contributed by atoms with Gasteiger partial charge in [0.2, 0.25) is 0 Å². The number of rotatable bonds is 9. The first-order valence-electron chi connectivity index (χ1n) is 22.5. The van der Waals surface area contributed by atoms with Gasteiger partial charge in [-0.05, 0) is 138 Å². The number of likely N-dealkylation sites (tertiary alicyclic amines) is 3. The van der Waals surface area contributed by atoms with Crippen molar-refractivity contribution < 1.29 is 33.7 Å². The number of phenols is 1. The molecule has 10 nitrogen and oxygen atoms in total. The molecule has 3 aliphatic heterocycles. The van der Waals surface area contributed by atoms with E-state index in [0.717, 1.165) is 0 Å². The summed E-state index contributed by atoms with van der Waals surface area (Å²) in [5.41, 5.74) is -2.80. The first kappa shape index (κ1) is 50.0. The van der Waals surface area contributed by atoms with Crippen molar-refractivity contribution in [2.45, 2.75) is 238 Å². The number of nitrogens with zero attached hydrogens (tertiary/aromatic N) is 3. The number of phenolic OH excluding ortho intramolecular Hbond substituents is 1. The zero-order chi connectivity index (χ0) is 46.2. The monoisotopic (exact) mass is 840 g/mol. The minimum absolute atomic E-state index is 0.171. The van der Waals surface area contributed by atoms with Gasteiger partial charge >= 0.3 is 17.9 Å². The molecule has 0 atom stereocenters. The zero-order valence-corrected chi connectivity index (χ0v) is 41.8. The lowest BCUT2D eigenvalue weighted by atomic mass is 9.73. The van der Waals surface area contributed by atoms with E-state index in [9.17, 15) is 9.90 Å². The Kier molecular flexibility index (Phi) is 13.4. The van der Waals surface area contributed by atoms with Crippen molar-refractivity contribution in [2.75, 3.05) is 21.1 Å². The summed E-state index contributed by atoms with van der Waals surface area (Å²) in [4.78, 5) is 52.7. The van der Waals surface area contributed by atoms with E-state index >= 15 is 9.59 Å². The summed E-state index contributed by atoms with van der Waals surface area (Å²) in [7, 11) is 6.29. The van der Waals surface area contributed by atoms with E-state index in [1.54, 1.807) is 0 Å². The Balaban J connectivity index is 1.93. The molecule has 0 amide bonds. The Hall–Kier alpha value is -2.69. The molecule has 4 rings (SSSR count). The number of piperidine rings is 3. The molecule has 3 saturated heterocycles. The molecule has 0 radical (unpaired) electrons. The first-order valence-corrected chi connectivity index (χ1v) is 22.5. The molecular weight excluding hydrogens is 755 g/mol. The second-order valence-electron chi connectivity index (χ2n) is 24.9. The molecule has 3 heterocycles. The third-order valence-electron chi connectivity index (χ3n) is 15.2. The summed E-state index contributed by atoms with van der Waals surface area (Å²) in [6.45, 7) is 37.9. The molecule has 0 saturated carbocycles. The van der Waals surface area contributed by atoms with Crippen molar-refractivity contribution in [3.63, 3.8) is 0 Å². The molecule has 10 heteroatoms. The minimum atomic E-state index is -2.09. The standard InChI is InChI=1S/C50H85N3O7/c1-42(2,3)36-22-32(23-37(39(36)55)43(4,5)6)24-50(40(56)59-34-27-46(11,12)52(20)47(13,14)28-34,41(57)60-35-29-48(15,16)53(21)49(17,18)30-35)31-38(54)58-33-25-44(7,8)51(19)45(9,10)26-33/h22-23,33-35,55H,24-31H2,1-21H3. The maximum atomic E-state index is 15.5. The quantitative estimate of drug-likeness (QED) is 0.147. The van der Waals surface area contributed by atoms with Crippen LogP contribution in [0, 0.1) is 5.41 Å². The number of aromatic hydroxyl groups is 1. The van der Waals surface area contributed by atoms with Gasteiger partial charge in [-0.3, -0.25) is 29.1 Å². The summed E-state index contributed by atoms with van der Waals surface area (Å²) in [5, 5.41) is 11.7. The number of ether oxygens (including phenoxy) is 3. The highest BCUT2D eigenvalue weighted by Gasteiger charge is 2.56. The van der Waals surface area contributed by atoms with Gasteiger partial charge in [-0.15, -0.1) is 0 Å². The predicted molar refractivity (Wildman–Crippen MR) is 241 cm³/mol. The van der Waals surface area contributed by atoms with Gasteiger partial charge in [0.15, 0.2) is 5.41 Å². The summed E-state index contributed by atoms with van der Waals surface area (Å²) in [6.07, 6.45) is 1.21. The van der Waals surface area contributed by atoms with Gasteiger partial charge in [0.1, 0.15) is 24.1 Å². The van der Waals surface area contributed by atoms with Crippen LogP contribution >= 0.6 is 0 Å². The molecule has 0 bridgehead atoms. The van der Waals surface area contributed by atoms with Crippen LogP contribution in [0.4, 0.5) is 0 Å². The zero-order valence-electron chi connectivity index (χ0n) is 41.8. The van der Waals surface area contributed by atoms with E-state index in [4.69, 9.17) is 14.2 Å². The van der Waals surface area contributed by atoms with Crippen LogP contribution in [0.25, 0.3) is 0 Å². The van der Waals surface area contributed by atoms with Gasteiger partial charge in [0.05, 0.1) is 6.42 Å². The van der Waals surface area contributed by atoms with Crippen molar-refractivity contribution in [1.82, 2.24) is 14.7 Å². The lowest BCUT2D eigenvalue weighted by Crippen LogP contribution is -2.62. The average Bonchev–Trinajstić information content (AvgIpc) is 3.03. The topological polar surface area (TPSA) is 109 Å². The molecule has 3 fully saturated rings. The lowest BCUT2D eigenvalue weighted by molar-refractivity contribution is -0.192. The molecule has 1 aromatic carbocycles. The van der Waals surface area contributed by atoms with Crippen molar-refractivity contribution in [1.29, 1.82) is 0 Å². The van der Waals surface area contributed by atoms with Gasteiger partial charge < -0.3 is 19.3 Å². The maximum absolute atomic E-state index is 15.5. The van der Waals surface area contributed by atoms with Crippen LogP contribution in [0.2, 0.25) is 0 Å². The molecule has 3 aliphatic rings.